The number of nitrogens with zero attached hydrogens (tertiary/aromatic N) is 2. The number of hydrogen-bond donors (Lipinski definition) is 1. The molecule has 104 valence electrons. The van der Waals surface area contributed by atoms with Gasteiger partial charge in [0.25, 0.3) is 0 Å². The molecular weight excluding hydrogens is 260 g/mol. The van der Waals surface area contributed by atoms with E-state index in [0.29, 0.717) is 17.0 Å². The van der Waals surface area contributed by atoms with Crippen LogP contribution in [0.2, 0.25) is 0 Å². The molecule has 1 aromatic heterocycles. The Kier molecular flexibility index (Phi) is 3.95. The van der Waals surface area contributed by atoms with E-state index in [9.17, 15) is 15.2 Å². The normalized spacial score (nSPS) is 11.9. The van der Waals surface area contributed by atoms with Crippen molar-refractivity contribution in [1.29, 1.82) is 0 Å². The van der Waals surface area contributed by atoms with Gasteiger partial charge in [0.1, 0.15) is 5.75 Å². The molecule has 20 heavy (non-hydrogen) atoms. The van der Waals surface area contributed by atoms with E-state index >= 15 is 0 Å². The molecule has 1 aromatic carbocycles. The Morgan fingerprint density at radius 2 is 2.10 bits per heavy atom. The van der Waals surface area contributed by atoms with Crippen molar-refractivity contribution in [1.82, 2.24) is 4.98 Å². The van der Waals surface area contributed by atoms with Gasteiger partial charge in [0.05, 0.1) is 22.9 Å². The maximum absolute atomic E-state index is 11.1. The molecule has 0 aliphatic heterocycles. The molecule has 0 spiro atoms. The van der Waals surface area contributed by atoms with Crippen LogP contribution < -0.4 is 4.74 Å². The molecule has 0 aliphatic carbocycles. The van der Waals surface area contributed by atoms with Crippen molar-refractivity contribution < 1.29 is 14.8 Å². The van der Waals surface area contributed by atoms with E-state index in [2.05, 4.69) is 4.98 Å². The topological polar surface area (TPSA) is 85.5 Å². The zero-order valence-electron chi connectivity index (χ0n) is 11.1. The molecule has 0 saturated carbocycles. The summed E-state index contributed by atoms with van der Waals surface area (Å²) in [5.41, 5.74) is 0.976. The molecule has 6 heteroatoms. The molecule has 2 rings (SSSR count). The molecule has 0 saturated heterocycles. The van der Waals surface area contributed by atoms with Crippen LogP contribution in [0.4, 0.5) is 5.69 Å². The lowest BCUT2D eigenvalue weighted by atomic mass is 10.2. The summed E-state index contributed by atoms with van der Waals surface area (Å²) in [5, 5.41) is 20.4. The SMILES string of the molecule is Cc1cccc(Oc2ccc([C@@H](C)O)nc2)c1[N+](=O)[O-]. The predicted molar refractivity (Wildman–Crippen MR) is 72.8 cm³/mol. The molecular formula is C14H14N2O4. The highest BCUT2D eigenvalue weighted by Crippen LogP contribution is 2.33. The number of pyridine rings is 1. The number of para-hydroxylation sites is 1. The Hall–Kier alpha value is -2.47. The minimum absolute atomic E-state index is 0.0629. The van der Waals surface area contributed by atoms with Crippen LogP contribution in [0.1, 0.15) is 24.3 Å². The fourth-order valence-corrected chi connectivity index (χ4v) is 1.77. The highest BCUT2D eigenvalue weighted by molar-refractivity contribution is 5.53. The summed E-state index contributed by atoms with van der Waals surface area (Å²) < 4.78 is 5.50. The number of nitro benzene ring substituents is 1. The molecule has 1 N–H and O–H groups in total. The largest absolute Gasteiger partial charge is 0.448 e. The summed E-state index contributed by atoms with van der Waals surface area (Å²) in [6, 6.07) is 8.10. The van der Waals surface area contributed by atoms with Gasteiger partial charge in [-0.2, -0.15) is 0 Å². The minimum Gasteiger partial charge on any atom is -0.448 e. The molecule has 6 nitrogen and oxygen atoms in total. The second-order valence-corrected chi connectivity index (χ2v) is 4.38. The van der Waals surface area contributed by atoms with Crippen molar-refractivity contribution in [2.45, 2.75) is 20.0 Å². The molecule has 0 bridgehead atoms. The van der Waals surface area contributed by atoms with Crippen LogP contribution in [0, 0.1) is 17.0 Å². The second-order valence-electron chi connectivity index (χ2n) is 4.38. The van der Waals surface area contributed by atoms with E-state index in [1.807, 2.05) is 0 Å². The van der Waals surface area contributed by atoms with Gasteiger partial charge in [-0.15, -0.1) is 0 Å². The molecule has 0 aliphatic rings. The maximum Gasteiger partial charge on any atom is 0.314 e. The van der Waals surface area contributed by atoms with Gasteiger partial charge in [0.15, 0.2) is 0 Å². The summed E-state index contributed by atoms with van der Waals surface area (Å²) in [5.74, 6) is 0.546. The van der Waals surface area contributed by atoms with Gasteiger partial charge >= 0.3 is 5.69 Å². The fraction of sp³-hybridized carbons (Fsp3) is 0.214. The number of aliphatic hydroxyl groups excluding tert-OH is 1. The van der Waals surface area contributed by atoms with Crippen LogP contribution in [0.5, 0.6) is 11.5 Å². The van der Waals surface area contributed by atoms with Gasteiger partial charge < -0.3 is 9.84 Å². The Bertz CT molecular complexity index is 624. The number of aryl methyl sites for hydroxylation is 1. The number of rotatable bonds is 4. The lowest BCUT2D eigenvalue weighted by Gasteiger charge is -2.08. The lowest BCUT2D eigenvalue weighted by molar-refractivity contribution is -0.386. The smallest absolute Gasteiger partial charge is 0.314 e. The number of benzene rings is 1. The summed E-state index contributed by atoms with van der Waals surface area (Å²) in [6.45, 7) is 3.26. The zero-order valence-corrected chi connectivity index (χ0v) is 11.1. The van der Waals surface area contributed by atoms with Crippen molar-refractivity contribution in [3.05, 3.63) is 57.9 Å². The summed E-state index contributed by atoms with van der Waals surface area (Å²) >= 11 is 0. The van der Waals surface area contributed by atoms with Crippen molar-refractivity contribution >= 4 is 5.69 Å². The second kappa shape index (κ2) is 5.66. The third-order valence-corrected chi connectivity index (χ3v) is 2.80. The lowest BCUT2D eigenvalue weighted by Crippen LogP contribution is -1.98. The molecule has 2 aromatic rings. The Labute approximate surface area is 115 Å². The van der Waals surface area contributed by atoms with Crippen molar-refractivity contribution in [3.63, 3.8) is 0 Å². The first-order chi connectivity index (χ1) is 9.49. The molecule has 0 amide bonds. The summed E-state index contributed by atoms with van der Waals surface area (Å²) in [6.07, 6.45) is 0.756. The average Bonchev–Trinajstić information content (AvgIpc) is 2.39. The molecule has 1 heterocycles. The van der Waals surface area contributed by atoms with E-state index in [4.69, 9.17) is 4.74 Å². The number of nitro groups is 1. The molecule has 0 radical (unpaired) electrons. The van der Waals surface area contributed by atoms with Crippen LogP contribution in [0.3, 0.4) is 0 Å². The van der Waals surface area contributed by atoms with Crippen LogP contribution >= 0.6 is 0 Å². The highest BCUT2D eigenvalue weighted by Gasteiger charge is 2.18. The quantitative estimate of drug-likeness (QED) is 0.683. The number of ether oxygens (including phenoxy) is 1. The first-order valence-electron chi connectivity index (χ1n) is 6.05. The minimum atomic E-state index is -0.669. The third kappa shape index (κ3) is 2.92. The van der Waals surface area contributed by atoms with Crippen LogP contribution in [-0.2, 0) is 0 Å². The monoisotopic (exact) mass is 274 g/mol. The molecule has 0 unspecified atom stereocenters. The van der Waals surface area contributed by atoms with Gasteiger partial charge in [-0.05, 0) is 32.0 Å². The van der Waals surface area contributed by atoms with E-state index in [0.717, 1.165) is 0 Å². The van der Waals surface area contributed by atoms with Crippen LogP contribution in [0.25, 0.3) is 0 Å². The highest BCUT2D eigenvalue weighted by atomic mass is 16.6. The summed E-state index contributed by atoms with van der Waals surface area (Å²) in [7, 11) is 0. The van der Waals surface area contributed by atoms with Crippen molar-refractivity contribution in [2.75, 3.05) is 0 Å². The van der Waals surface area contributed by atoms with Gasteiger partial charge in [0.2, 0.25) is 5.75 Å². The van der Waals surface area contributed by atoms with E-state index in [1.54, 1.807) is 38.1 Å². The Balaban J connectivity index is 2.30. The number of aromatic nitrogens is 1. The summed E-state index contributed by atoms with van der Waals surface area (Å²) in [4.78, 5) is 14.6. The molecule has 1 atom stereocenters. The van der Waals surface area contributed by atoms with Gasteiger partial charge in [-0.3, -0.25) is 15.1 Å². The standard InChI is InChI=1S/C14H14N2O4/c1-9-4-3-5-13(14(9)16(18)19)20-11-6-7-12(10(2)17)15-8-11/h3-8,10,17H,1-2H3/t10-/m1/s1. The van der Waals surface area contributed by atoms with E-state index in [1.165, 1.54) is 12.3 Å². The Morgan fingerprint density at radius 3 is 2.65 bits per heavy atom. The van der Waals surface area contributed by atoms with Gasteiger partial charge in [-0.1, -0.05) is 12.1 Å². The van der Waals surface area contributed by atoms with E-state index in [-0.39, 0.29) is 11.4 Å². The van der Waals surface area contributed by atoms with Crippen LogP contribution in [-0.4, -0.2) is 15.0 Å². The average molecular weight is 274 g/mol. The van der Waals surface area contributed by atoms with Gasteiger partial charge in [-0.25, -0.2) is 0 Å². The number of aliphatic hydroxyl groups is 1. The maximum atomic E-state index is 11.1. The van der Waals surface area contributed by atoms with Crippen molar-refractivity contribution in [3.8, 4) is 11.5 Å². The number of hydrogen-bond acceptors (Lipinski definition) is 5. The first-order valence-corrected chi connectivity index (χ1v) is 6.05. The fourth-order valence-electron chi connectivity index (χ4n) is 1.77. The zero-order chi connectivity index (χ0) is 14.7. The van der Waals surface area contributed by atoms with Crippen molar-refractivity contribution in [2.24, 2.45) is 0 Å². The Morgan fingerprint density at radius 1 is 1.35 bits per heavy atom. The van der Waals surface area contributed by atoms with Crippen LogP contribution in [0.15, 0.2) is 36.5 Å². The van der Waals surface area contributed by atoms with Gasteiger partial charge in [0, 0.05) is 5.56 Å². The third-order valence-electron chi connectivity index (χ3n) is 2.80. The van der Waals surface area contributed by atoms with E-state index < -0.39 is 11.0 Å². The first kappa shape index (κ1) is 14.0. The molecule has 0 fully saturated rings. The predicted octanol–water partition coefficient (Wildman–Crippen LogP) is 3.14.